The molecule has 2 aromatic carbocycles. The summed E-state index contributed by atoms with van der Waals surface area (Å²) in [5, 5.41) is 14.2. The molecule has 0 aliphatic rings. The highest BCUT2D eigenvalue weighted by Crippen LogP contribution is 2.28. The Balaban J connectivity index is 1.77. The van der Waals surface area contributed by atoms with E-state index in [-0.39, 0.29) is 0 Å². The molecule has 0 unspecified atom stereocenters. The standard InChI is InChI=1S/C24H29BrN4O2S/c1-4-6-14-31-21-13-10-19(15-22(21)30-3)16-26-29-23(7-5-2)27-28-24(29)32-17-18-8-11-20(25)12-9-18/h8-13,15-16H,4-7,14,17H2,1-3H3/b26-16+. The maximum atomic E-state index is 5.82. The highest BCUT2D eigenvalue weighted by atomic mass is 79.9. The van der Waals surface area contributed by atoms with Crippen molar-refractivity contribution < 1.29 is 9.47 Å². The largest absolute Gasteiger partial charge is 0.493 e. The molecule has 170 valence electrons. The number of hydrogen-bond donors (Lipinski definition) is 0. The van der Waals surface area contributed by atoms with Crippen LogP contribution >= 0.6 is 27.7 Å². The van der Waals surface area contributed by atoms with Crippen molar-refractivity contribution in [3.8, 4) is 11.5 Å². The summed E-state index contributed by atoms with van der Waals surface area (Å²) in [5.74, 6) is 3.10. The van der Waals surface area contributed by atoms with Gasteiger partial charge in [0.25, 0.3) is 0 Å². The Morgan fingerprint density at radius 2 is 1.88 bits per heavy atom. The third-order valence-corrected chi connectivity index (χ3v) is 6.22. The van der Waals surface area contributed by atoms with E-state index < -0.39 is 0 Å². The van der Waals surface area contributed by atoms with Crippen molar-refractivity contribution in [1.29, 1.82) is 0 Å². The summed E-state index contributed by atoms with van der Waals surface area (Å²) in [5.41, 5.74) is 2.14. The van der Waals surface area contributed by atoms with Crippen molar-refractivity contribution in [3.63, 3.8) is 0 Å². The summed E-state index contributed by atoms with van der Waals surface area (Å²) in [6.45, 7) is 4.95. The fourth-order valence-corrected chi connectivity index (χ4v) is 4.07. The van der Waals surface area contributed by atoms with Gasteiger partial charge in [0.15, 0.2) is 17.3 Å². The lowest BCUT2D eigenvalue weighted by molar-refractivity contribution is 0.288. The van der Waals surface area contributed by atoms with Gasteiger partial charge in [-0.25, -0.2) is 0 Å². The van der Waals surface area contributed by atoms with E-state index in [1.807, 2.05) is 41.2 Å². The number of methoxy groups -OCH3 is 1. The summed E-state index contributed by atoms with van der Waals surface area (Å²) in [7, 11) is 1.65. The van der Waals surface area contributed by atoms with Crippen LogP contribution in [0.15, 0.2) is 57.2 Å². The van der Waals surface area contributed by atoms with E-state index in [1.165, 1.54) is 5.56 Å². The fraction of sp³-hybridized carbons (Fsp3) is 0.375. The molecule has 0 fully saturated rings. The van der Waals surface area contributed by atoms with Crippen LogP contribution in [0, 0.1) is 0 Å². The van der Waals surface area contributed by atoms with Crippen LogP contribution < -0.4 is 9.47 Å². The monoisotopic (exact) mass is 516 g/mol. The zero-order chi connectivity index (χ0) is 22.8. The average molecular weight is 517 g/mol. The van der Waals surface area contributed by atoms with E-state index in [4.69, 9.17) is 14.6 Å². The predicted octanol–water partition coefficient (Wildman–Crippen LogP) is 6.36. The van der Waals surface area contributed by atoms with Crippen molar-refractivity contribution in [3.05, 3.63) is 63.9 Å². The van der Waals surface area contributed by atoms with Gasteiger partial charge in [-0.15, -0.1) is 10.2 Å². The maximum Gasteiger partial charge on any atom is 0.212 e. The summed E-state index contributed by atoms with van der Waals surface area (Å²) in [6.07, 6.45) is 5.71. The molecule has 8 heteroatoms. The minimum Gasteiger partial charge on any atom is -0.493 e. The molecule has 3 aromatic rings. The molecule has 0 aliphatic carbocycles. The smallest absolute Gasteiger partial charge is 0.212 e. The summed E-state index contributed by atoms with van der Waals surface area (Å²) in [6, 6.07) is 14.1. The van der Waals surface area contributed by atoms with Crippen LogP contribution in [-0.4, -0.2) is 34.8 Å². The minimum absolute atomic E-state index is 0.681. The number of hydrogen-bond acceptors (Lipinski definition) is 6. The molecule has 0 spiro atoms. The number of aromatic nitrogens is 3. The Labute approximate surface area is 202 Å². The van der Waals surface area contributed by atoms with Crippen LogP contribution in [-0.2, 0) is 12.2 Å². The van der Waals surface area contributed by atoms with Gasteiger partial charge in [0.1, 0.15) is 0 Å². The Hall–Kier alpha value is -2.32. The molecule has 0 amide bonds. The second-order valence-electron chi connectivity index (χ2n) is 7.23. The third-order valence-electron chi connectivity index (χ3n) is 4.70. The molecule has 0 aliphatic heterocycles. The molecular weight excluding hydrogens is 488 g/mol. The van der Waals surface area contributed by atoms with E-state index in [0.29, 0.717) is 12.4 Å². The van der Waals surface area contributed by atoms with Crippen molar-refractivity contribution in [2.24, 2.45) is 5.10 Å². The number of halogens is 1. The molecule has 1 aromatic heterocycles. The van der Waals surface area contributed by atoms with Crippen LogP contribution in [0.3, 0.4) is 0 Å². The van der Waals surface area contributed by atoms with Gasteiger partial charge < -0.3 is 9.47 Å². The van der Waals surface area contributed by atoms with E-state index in [2.05, 4.69) is 52.1 Å². The number of thioether (sulfide) groups is 1. The van der Waals surface area contributed by atoms with Gasteiger partial charge in [0, 0.05) is 16.6 Å². The second kappa shape index (κ2) is 12.6. The fourth-order valence-electron chi connectivity index (χ4n) is 2.94. The number of rotatable bonds is 12. The molecule has 0 bridgehead atoms. The summed E-state index contributed by atoms with van der Waals surface area (Å²) < 4.78 is 14.2. The normalized spacial score (nSPS) is 11.2. The quantitative estimate of drug-likeness (QED) is 0.159. The van der Waals surface area contributed by atoms with Crippen molar-refractivity contribution in [2.45, 2.75) is 50.4 Å². The molecule has 0 saturated carbocycles. The Kier molecular flexibility index (Phi) is 9.62. The van der Waals surface area contributed by atoms with Gasteiger partial charge in [0.05, 0.1) is 19.9 Å². The molecule has 1 heterocycles. The topological polar surface area (TPSA) is 61.5 Å². The zero-order valence-corrected chi connectivity index (χ0v) is 21.2. The van der Waals surface area contributed by atoms with Crippen molar-refractivity contribution in [2.75, 3.05) is 13.7 Å². The molecule has 0 radical (unpaired) electrons. The van der Waals surface area contributed by atoms with Gasteiger partial charge in [-0.2, -0.15) is 9.78 Å². The number of benzene rings is 2. The Morgan fingerprint density at radius 1 is 1.06 bits per heavy atom. The van der Waals surface area contributed by atoms with Crippen LogP contribution in [0.25, 0.3) is 0 Å². The van der Waals surface area contributed by atoms with Gasteiger partial charge >= 0.3 is 0 Å². The van der Waals surface area contributed by atoms with Crippen LogP contribution in [0.5, 0.6) is 11.5 Å². The summed E-state index contributed by atoms with van der Waals surface area (Å²) >= 11 is 5.10. The first-order valence-electron chi connectivity index (χ1n) is 10.8. The lowest BCUT2D eigenvalue weighted by Crippen LogP contribution is -2.01. The average Bonchev–Trinajstić information content (AvgIpc) is 3.19. The predicted molar refractivity (Wildman–Crippen MR) is 134 cm³/mol. The van der Waals surface area contributed by atoms with E-state index in [1.54, 1.807) is 18.9 Å². The van der Waals surface area contributed by atoms with Crippen molar-refractivity contribution in [1.82, 2.24) is 14.9 Å². The van der Waals surface area contributed by atoms with E-state index in [9.17, 15) is 0 Å². The highest BCUT2D eigenvalue weighted by Gasteiger charge is 2.12. The first kappa shape index (κ1) is 24.3. The van der Waals surface area contributed by atoms with Gasteiger partial charge in [-0.3, -0.25) is 0 Å². The molecule has 0 saturated heterocycles. The highest BCUT2D eigenvalue weighted by molar-refractivity contribution is 9.10. The van der Waals surface area contributed by atoms with Crippen molar-refractivity contribution >= 4 is 33.9 Å². The maximum absolute atomic E-state index is 5.82. The van der Waals surface area contributed by atoms with Gasteiger partial charge in [-0.05, 0) is 54.3 Å². The molecule has 0 atom stereocenters. The number of unbranched alkanes of at least 4 members (excludes halogenated alkanes) is 1. The number of nitrogens with zero attached hydrogens (tertiary/aromatic N) is 4. The molecule has 0 N–H and O–H groups in total. The number of aryl methyl sites for hydroxylation is 1. The van der Waals surface area contributed by atoms with E-state index >= 15 is 0 Å². The lowest BCUT2D eigenvalue weighted by atomic mass is 10.2. The zero-order valence-electron chi connectivity index (χ0n) is 18.8. The second-order valence-corrected chi connectivity index (χ2v) is 9.09. The lowest BCUT2D eigenvalue weighted by Gasteiger charge is -2.11. The van der Waals surface area contributed by atoms with Gasteiger partial charge in [-0.1, -0.05) is 60.1 Å². The Morgan fingerprint density at radius 3 is 2.59 bits per heavy atom. The number of ether oxygens (including phenoxy) is 2. The van der Waals surface area contributed by atoms with Crippen LogP contribution in [0.1, 0.15) is 50.1 Å². The first-order valence-corrected chi connectivity index (χ1v) is 12.6. The first-order chi connectivity index (χ1) is 15.6. The third kappa shape index (κ3) is 6.84. The Bertz CT molecular complexity index is 1020. The SMILES string of the molecule is CCCCOc1ccc(/C=N/n2c(CCC)nnc2SCc2ccc(Br)cc2)cc1OC. The van der Waals surface area contributed by atoms with Crippen LogP contribution in [0.4, 0.5) is 0 Å². The molecule has 6 nitrogen and oxygen atoms in total. The van der Waals surface area contributed by atoms with E-state index in [0.717, 1.165) is 58.2 Å². The van der Waals surface area contributed by atoms with Crippen LogP contribution in [0.2, 0.25) is 0 Å². The molecular formula is C24H29BrN4O2S. The minimum atomic E-state index is 0.681. The molecule has 3 rings (SSSR count). The van der Waals surface area contributed by atoms with Gasteiger partial charge in [0.2, 0.25) is 5.16 Å². The molecule has 32 heavy (non-hydrogen) atoms. The summed E-state index contributed by atoms with van der Waals surface area (Å²) in [4.78, 5) is 0.